The van der Waals surface area contributed by atoms with Gasteiger partial charge < -0.3 is 16.2 Å². The third-order valence-electron chi connectivity index (χ3n) is 2.90. The third-order valence-corrected chi connectivity index (χ3v) is 2.90. The van der Waals surface area contributed by atoms with Gasteiger partial charge in [0.25, 0.3) is 5.91 Å². The van der Waals surface area contributed by atoms with Gasteiger partial charge in [-0.3, -0.25) is 9.48 Å². The molecule has 0 aliphatic carbocycles. The standard InChI is InChI=1S/C13H16N4O2/c1-7-4-5-10(18)9(6-7)13(19)15-12-11(14)8(2)16-17(12)3/h4-6,18H,14H2,1-3H3,(H,15,19). The molecule has 0 saturated heterocycles. The van der Waals surface area contributed by atoms with E-state index in [0.717, 1.165) is 5.56 Å². The molecule has 100 valence electrons. The van der Waals surface area contributed by atoms with Crippen molar-refractivity contribution >= 4 is 17.4 Å². The van der Waals surface area contributed by atoms with E-state index in [4.69, 9.17) is 5.73 Å². The van der Waals surface area contributed by atoms with E-state index >= 15 is 0 Å². The fourth-order valence-electron chi connectivity index (χ4n) is 1.83. The molecule has 0 atom stereocenters. The fraction of sp³-hybridized carbons (Fsp3) is 0.231. The average molecular weight is 260 g/mol. The van der Waals surface area contributed by atoms with Crippen LogP contribution in [-0.4, -0.2) is 20.8 Å². The summed E-state index contributed by atoms with van der Waals surface area (Å²) in [5, 5.41) is 16.5. The van der Waals surface area contributed by atoms with Crippen LogP contribution in [0.25, 0.3) is 0 Å². The Hall–Kier alpha value is -2.50. The molecule has 19 heavy (non-hydrogen) atoms. The van der Waals surface area contributed by atoms with Crippen LogP contribution in [0.3, 0.4) is 0 Å². The maximum Gasteiger partial charge on any atom is 0.260 e. The molecule has 0 aliphatic rings. The largest absolute Gasteiger partial charge is 0.507 e. The maximum atomic E-state index is 12.1. The number of hydrogen-bond donors (Lipinski definition) is 3. The lowest BCUT2D eigenvalue weighted by Crippen LogP contribution is -2.16. The summed E-state index contributed by atoms with van der Waals surface area (Å²) in [7, 11) is 1.69. The fourth-order valence-corrected chi connectivity index (χ4v) is 1.83. The van der Waals surface area contributed by atoms with Crippen molar-refractivity contribution in [2.75, 3.05) is 11.1 Å². The van der Waals surface area contributed by atoms with E-state index in [1.54, 1.807) is 26.1 Å². The van der Waals surface area contributed by atoms with Crippen molar-refractivity contribution in [1.29, 1.82) is 0 Å². The summed E-state index contributed by atoms with van der Waals surface area (Å²) in [6, 6.07) is 4.83. The van der Waals surface area contributed by atoms with Gasteiger partial charge >= 0.3 is 0 Å². The van der Waals surface area contributed by atoms with Crippen molar-refractivity contribution in [3.63, 3.8) is 0 Å². The molecule has 4 N–H and O–H groups in total. The van der Waals surface area contributed by atoms with Crippen molar-refractivity contribution in [2.24, 2.45) is 7.05 Å². The molecule has 6 nitrogen and oxygen atoms in total. The number of amides is 1. The van der Waals surface area contributed by atoms with Gasteiger partial charge in [0, 0.05) is 7.05 Å². The summed E-state index contributed by atoms with van der Waals surface area (Å²) in [6.07, 6.45) is 0. The van der Waals surface area contributed by atoms with Gasteiger partial charge in [-0.1, -0.05) is 11.6 Å². The number of anilines is 2. The minimum absolute atomic E-state index is 0.0689. The SMILES string of the molecule is Cc1ccc(O)c(C(=O)Nc2c(N)c(C)nn2C)c1. The van der Waals surface area contributed by atoms with Gasteiger partial charge in [0.05, 0.1) is 16.9 Å². The van der Waals surface area contributed by atoms with Gasteiger partial charge in [-0.05, 0) is 26.0 Å². The first-order chi connectivity index (χ1) is 8.90. The normalized spacial score (nSPS) is 10.5. The molecule has 0 radical (unpaired) electrons. The highest BCUT2D eigenvalue weighted by molar-refractivity contribution is 6.07. The van der Waals surface area contributed by atoms with Crippen molar-refractivity contribution in [3.05, 3.63) is 35.0 Å². The van der Waals surface area contributed by atoms with E-state index in [-0.39, 0.29) is 11.3 Å². The molecule has 1 aromatic heterocycles. The maximum absolute atomic E-state index is 12.1. The number of aryl methyl sites for hydroxylation is 3. The minimum atomic E-state index is -0.420. The number of nitrogens with zero attached hydrogens (tertiary/aromatic N) is 2. The van der Waals surface area contributed by atoms with Crippen molar-refractivity contribution in [3.8, 4) is 5.75 Å². The zero-order chi connectivity index (χ0) is 14.2. The zero-order valence-corrected chi connectivity index (χ0v) is 11.1. The lowest BCUT2D eigenvalue weighted by Gasteiger charge is -2.08. The molecular formula is C13H16N4O2. The van der Waals surface area contributed by atoms with Crippen molar-refractivity contribution < 1.29 is 9.90 Å². The van der Waals surface area contributed by atoms with Crippen LogP contribution >= 0.6 is 0 Å². The number of nitrogens with two attached hydrogens (primary N) is 1. The second kappa shape index (κ2) is 4.64. The van der Waals surface area contributed by atoms with E-state index in [2.05, 4.69) is 10.4 Å². The Kier molecular flexibility index (Phi) is 3.16. The van der Waals surface area contributed by atoms with E-state index in [1.165, 1.54) is 10.7 Å². The number of rotatable bonds is 2. The van der Waals surface area contributed by atoms with E-state index in [0.29, 0.717) is 17.2 Å². The molecule has 0 saturated carbocycles. The first-order valence-corrected chi connectivity index (χ1v) is 5.80. The van der Waals surface area contributed by atoms with Crippen LogP contribution in [0.4, 0.5) is 11.5 Å². The number of hydrogen-bond acceptors (Lipinski definition) is 4. The van der Waals surface area contributed by atoms with Gasteiger partial charge in [-0.25, -0.2) is 0 Å². The highest BCUT2D eigenvalue weighted by atomic mass is 16.3. The number of carbonyl (C=O) groups excluding carboxylic acids is 1. The lowest BCUT2D eigenvalue weighted by atomic mass is 10.1. The first kappa shape index (κ1) is 12.9. The molecule has 0 unspecified atom stereocenters. The molecule has 0 spiro atoms. The number of phenolic OH excluding ortho intramolecular Hbond substituents is 1. The van der Waals surface area contributed by atoms with Crippen LogP contribution in [0.2, 0.25) is 0 Å². The predicted octanol–water partition coefficient (Wildman–Crippen LogP) is 1.58. The number of aromatic hydroxyl groups is 1. The van der Waals surface area contributed by atoms with Gasteiger partial charge in [0.1, 0.15) is 5.75 Å². The van der Waals surface area contributed by atoms with Gasteiger partial charge in [-0.15, -0.1) is 0 Å². The molecule has 2 aromatic rings. The van der Waals surface area contributed by atoms with Crippen molar-refractivity contribution in [2.45, 2.75) is 13.8 Å². The molecule has 2 rings (SSSR count). The van der Waals surface area contributed by atoms with Crippen LogP contribution in [0.15, 0.2) is 18.2 Å². The summed E-state index contributed by atoms with van der Waals surface area (Å²) >= 11 is 0. The lowest BCUT2D eigenvalue weighted by molar-refractivity contribution is 0.102. The predicted molar refractivity (Wildman–Crippen MR) is 73.2 cm³/mol. The molecule has 0 fully saturated rings. The monoisotopic (exact) mass is 260 g/mol. The number of aromatic nitrogens is 2. The molecule has 1 aromatic carbocycles. The van der Waals surface area contributed by atoms with Gasteiger partial charge in [0.2, 0.25) is 0 Å². The number of benzene rings is 1. The number of phenols is 1. The van der Waals surface area contributed by atoms with E-state index in [1.807, 2.05) is 6.92 Å². The Morgan fingerprint density at radius 1 is 1.42 bits per heavy atom. The van der Waals surface area contributed by atoms with E-state index in [9.17, 15) is 9.90 Å². The van der Waals surface area contributed by atoms with Gasteiger partial charge in [-0.2, -0.15) is 5.10 Å². The second-order valence-electron chi connectivity index (χ2n) is 4.45. The smallest absolute Gasteiger partial charge is 0.260 e. The summed E-state index contributed by atoms with van der Waals surface area (Å²) in [4.78, 5) is 12.1. The third kappa shape index (κ3) is 2.37. The summed E-state index contributed by atoms with van der Waals surface area (Å²) in [5.41, 5.74) is 7.99. The number of carbonyl (C=O) groups is 1. The zero-order valence-electron chi connectivity index (χ0n) is 11.1. The van der Waals surface area contributed by atoms with Crippen LogP contribution in [-0.2, 0) is 7.05 Å². The molecule has 0 aliphatic heterocycles. The van der Waals surface area contributed by atoms with Crippen LogP contribution in [0.5, 0.6) is 5.75 Å². The van der Waals surface area contributed by atoms with E-state index < -0.39 is 5.91 Å². The molecule has 1 amide bonds. The highest BCUT2D eigenvalue weighted by Gasteiger charge is 2.16. The Morgan fingerprint density at radius 3 is 2.68 bits per heavy atom. The Labute approximate surface area is 110 Å². The highest BCUT2D eigenvalue weighted by Crippen LogP contribution is 2.24. The number of nitrogen functional groups attached to an aromatic ring is 1. The summed E-state index contributed by atoms with van der Waals surface area (Å²) in [5.74, 6) is -0.0696. The number of nitrogens with one attached hydrogen (secondary N) is 1. The first-order valence-electron chi connectivity index (χ1n) is 5.80. The minimum Gasteiger partial charge on any atom is -0.507 e. The molecule has 0 bridgehead atoms. The topological polar surface area (TPSA) is 93.2 Å². The summed E-state index contributed by atoms with van der Waals surface area (Å²) in [6.45, 7) is 3.61. The Morgan fingerprint density at radius 2 is 2.11 bits per heavy atom. The van der Waals surface area contributed by atoms with Crippen LogP contribution in [0.1, 0.15) is 21.6 Å². The second-order valence-corrected chi connectivity index (χ2v) is 4.45. The van der Waals surface area contributed by atoms with Crippen LogP contribution < -0.4 is 11.1 Å². The van der Waals surface area contributed by atoms with Crippen LogP contribution in [0, 0.1) is 13.8 Å². The molecule has 1 heterocycles. The van der Waals surface area contributed by atoms with Crippen molar-refractivity contribution in [1.82, 2.24) is 9.78 Å². The quantitative estimate of drug-likeness (QED) is 0.764. The van der Waals surface area contributed by atoms with Gasteiger partial charge in [0.15, 0.2) is 5.82 Å². The molecular weight excluding hydrogens is 244 g/mol. The Balaban J connectivity index is 2.33. The summed E-state index contributed by atoms with van der Waals surface area (Å²) < 4.78 is 1.50. The Bertz CT molecular complexity index is 646. The molecule has 6 heteroatoms. The average Bonchev–Trinajstić information content (AvgIpc) is 2.59.